The predicted octanol–water partition coefficient (Wildman–Crippen LogP) is 18.9. The number of para-hydroxylation sites is 1. The topological polar surface area (TPSA) is 3.24 Å². The van der Waals surface area contributed by atoms with Crippen LogP contribution in [0.3, 0.4) is 0 Å². The largest absolute Gasteiger partial charge is 0.309 e. The molecule has 0 spiro atoms. The van der Waals surface area contributed by atoms with Gasteiger partial charge in [0.15, 0.2) is 0 Å². The molecule has 0 bridgehead atoms. The second kappa shape index (κ2) is 17.5. The first-order valence-corrected chi connectivity index (χ1v) is 27.0. The predicted molar refractivity (Wildman–Crippen MR) is 319 cm³/mol. The first-order valence-electron chi connectivity index (χ1n) is 27.0. The van der Waals surface area contributed by atoms with Crippen molar-refractivity contribution < 1.29 is 0 Å². The van der Waals surface area contributed by atoms with E-state index in [1.165, 1.54) is 106 Å². The van der Waals surface area contributed by atoms with Crippen LogP contribution in [0.15, 0.2) is 303 Å². The summed E-state index contributed by atoms with van der Waals surface area (Å²) in [5, 5.41) is 0. The summed E-state index contributed by atoms with van der Waals surface area (Å²) >= 11 is 0. The maximum Gasteiger partial charge on any atom is 0.0714 e. The van der Waals surface area contributed by atoms with Gasteiger partial charge in [-0.25, -0.2) is 0 Å². The lowest BCUT2D eigenvalue weighted by molar-refractivity contribution is 0.714. The third-order valence-electron chi connectivity index (χ3n) is 17.5. The van der Waals surface area contributed by atoms with Crippen molar-refractivity contribution in [3.8, 4) is 44.5 Å². The fourth-order valence-electron chi connectivity index (χ4n) is 14.4. The molecule has 0 amide bonds. The van der Waals surface area contributed by atoms with Crippen LogP contribution in [-0.4, -0.2) is 0 Å². The molecule has 0 heterocycles. The smallest absolute Gasteiger partial charge is 0.0714 e. The number of rotatable bonds is 9. The van der Waals surface area contributed by atoms with Crippen LogP contribution in [0, 0.1) is 0 Å². The van der Waals surface area contributed by atoms with Gasteiger partial charge in [-0.3, -0.25) is 0 Å². The molecule has 12 aromatic rings. The van der Waals surface area contributed by atoms with E-state index in [0.717, 1.165) is 17.1 Å². The van der Waals surface area contributed by atoms with E-state index < -0.39 is 10.8 Å². The molecule has 0 N–H and O–H groups in total. The molecule has 362 valence electrons. The molecule has 0 radical (unpaired) electrons. The Morgan fingerprint density at radius 3 is 1.19 bits per heavy atom. The quantitative estimate of drug-likeness (QED) is 0.139. The SMILES string of the molecule is CC1(c2ccccc2)c2ccccc2-c2c(-c3ccccc3N(c3ccc4c(c3)C(c3ccccc3)(c3ccccc3)c3ccccc3-4)c3cccc4c3-c3ccccc3C4(c3ccccc3)c3ccccc3)cccc21. The van der Waals surface area contributed by atoms with Crippen molar-refractivity contribution in [1.82, 2.24) is 0 Å². The molecule has 1 unspecified atom stereocenters. The summed E-state index contributed by atoms with van der Waals surface area (Å²) in [6, 6.07) is 114. The van der Waals surface area contributed by atoms with Crippen molar-refractivity contribution in [2.45, 2.75) is 23.2 Å². The van der Waals surface area contributed by atoms with Gasteiger partial charge in [0.2, 0.25) is 0 Å². The van der Waals surface area contributed by atoms with E-state index in [9.17, 15) is 0 Å². The highest BCUT2D eigenvalue weighted by atomic mass is 15.1. The third-order valence-corrected chi connectivity index (χ3v) is 17.5. The Labute approximate surface area is 451 Å². The summed E-state index contributed by atoms with van der Waals surface area (Å²) in [6.45, 7) is 2.42. The Kier molecular flexibility index (Phi) is 10.2. The minimum absolute atomic E-state index is 0.354. The second-order valence-electron chi connectivity index (χ2n) is 21.1. The Hall–Kier alpha value is -9.56. The molecule has 3 aliphatic rings. The molecule has 15 rings (SSSR count). The van der Waals surface area contributed by atoms with Crippen molar-refractivity contribution in [2.24, 2.45) is 0 Å². The van der Waals surface area contributed by atoms with Gasteiger partial charge in [0, 0.05) is 22.2 Å². The number of benzene rings is 12. The summed E-state index contributed by atoms with van der Waals surface area (Å²) in [5.41, 5.74) is 25.7. The van der Waals surface area contributed by atoms with Gasteiger partial charge in [-0.2, -0.15) is 0 Å². The van der Waals surface area contributed by atoms with Crippen LogP contribution in [0.25, 0.3) is 44.5 Å². The molecule has 0 saturated heterocycles. The fraction of sp³-hybridized carbons (Fsp3) is 0.0526. The van der Waals surface area contributed by atoms with Crippen molar-refractivity contribution in [3.05, 3.63) is 365 Å². The summed E-state index contributed by atoms with van der Waals surface area (Å²) < 4.78 is 0. The van der Waals surface area contributed by atoms with Gasteiger partial charge in [-0.15, -0.1) is 0 Å². The number of hydrogen-bond acceptors (Lipinski definition) is 1. The maximum absolute atomic E-state index is 2.61. The van der Waals surface area contributed by atoms with E-state index in [4.69, 9.17) is 0 Å². The molecule has 77 heavy (non-hydrogen) atoms. The summed E-state index contributed by atoms with van der Waals surface area (Å²) in [5.74, 6) is 0. The van der Waals surface area contributed by atoms with E-state index in [0.29, 0.717) is 0 Å². The monoisotopic (exact) mass is 979 g/mol. The van der Waals surface area contributed by atoms with Gasteiger partial charge in [-0.1, -0.05) is 279 Å². The summed E-state index contributed by atoms with van der Waals surface area (Å²) in [7, 11) is 0. The molecule has 1 nitrogen and oxygen atoms in total. The minimum atomic E-state index is -0.595. The zero-order chi connectivity index (χ0) is 51.1. The Bertz CT molecular complexity index is 4140. The highest BCUT2D eigenvalue weighted by Gasteiger charge is 2.49. The lowest BCUT2D eigenvalue weighted by atomic mass is 9.67. The van der Waals surface area contributed by atoms with Crippen LogP contribution >= 0.6 is 0 Å². The first-order chi connectivity index (χ1) is 38.1. The molecule has 1 heteroatoms. The number of hydrogen-bond donors (Lipinski definition) is 0. The van der Waals surface area contributed by atoms with Gasteiger partial charge in [0.25, 0.3) is 0 Å². The van der Waals surface area contributed by atoms with Gasteiger partial charge < -0.3 is 4.90 Å². The van der Waals surface area contributed by atoms with Crippen LogP contribution in [0.5, 0.6) is 0 Å². The van der Waals surface area contributed by atoms with Crippen LogP contribution in [0.2, 0.25) is 0 Å². The highest BCUT2D eigenvalue weighted by Crippen LogP contribution is 2.63. The Morgan fingerprint density at radius 2 is 0.610 bits per heavy atom. The van der Waals surface area contributed by atoms with Gasteiger partial charge in [0.05, 0.1) is 22.2 Å². The zero-order valence-corrected chi connectivity index (χ0v) is 42.8. The van der Waals surface area contributed by atoms with E-state index >= 15 is 0 Å². The van der Waals surface area contributed by atoms with E-state index in [1.807, 2.05) is 0 Å². The molecular weight excluding hydrogens is 927 g/mol. The van der Waals surface area contributed by atoms with Crippen molar-refractivity contribution >= 4 is 17.1 Å². The summed E-state index contributed by atoms with van der Waals surface area (Å²) in [6.07, 6.45) is 0. The van der Waals surface area contributed by atoms with E-state index in [-0.39, 0.29) is 5.41 Å². The van der Waals surface area contributed by atoms with E-state index in [2.05, 4.69) is 315 Å². The van der Waals surface area contributed by atoms with Crippen molar-refractivity contribution in [1.29, 1.82) is 0 Å². The first kappa shape index (κ1) is 44.9. The average molecular weight is 980 g/mol. The molecule has 1 atom stereocenters. The molecule has 0 saturated carbocycles. The lowest BCUT2D eigenvalue weighted by Gasteiger charge is -2.36. The third kappa shape index (κ3) is 6.29. The standard InChI is InChI=1S/C76H53N/c1-74(52-27-7-2-8-28-52)64-42-21-18-39-62(64)72-61(41-25-45-67(72)74)60-38-20-24-47-70(60)77(57-49-50-59-58-37-17-22-43-65(58)76(69(59)51-57,55-33-13-5-14-34-55)56-35-15-6-16-36-56)71-48-26-46-68-73(71)63-40-19-23-44-66(63)75(68,53-29-9-3-10-30-53)54-31-11-4-12-32-54/h2-51H,1H3. The Morgan fingerprint density at radius 1 is 0.234 bits per heavy atom. The number of nitrogens with zero attached hydrogens (tertiary/aromatic N) is 1. The van der Waals surface area contributed by atoms with Gasteiger partial charge in [0.1, 0.15) is 0 Å². The van der Waals surface area contributed by atoms with Gasteiger partial charge in [-0.05, 0) is 126 Å². The second-order valence-corrected chi connectivity index (χ2v) is 21.1. The normalized spacial score (nSPS) is 15.6. The molecule has 12 aromatic carbocycles. The zero-order valence-electron chi connectivity index (χ0n) is 42.8. The van der Waals surface area contributed by atoms with E-state index in [1.54, 1.807) is 0 Å². The Balaban J connectivity index is 1.05. The molecule has 0 fully saturated rings. The molecule has 0 aromatic heterocycles. The van der Waals surface area contributed by atoms with Crippen molar-refractivity contribution in [2.75, 3.05) is 4.90 Å². The van der Waals surface area contributed by atoms with Crippen LogP contribution < -0.4 is 4.90 Å². The minimum Gasteiger partial charge on any atom is -0.309 e. The highest BCUT2D eigenvalue weighted by molar-refractivity contribution is 6.03. The van der Waals surface area contributed by atoms with Crippen LogP contribution in [0.1, 0.15) is 68.1 Å². The summed E-state index contributed by atoms with van der Waals surface area (Å²) in [4.78, 5) is 2.61. The lowest BCUT2D eigenvalue weighted by Crippen LogP contribution is -2.29. The van der Waals surface area contributed by atoms with Crippen LogP contribution in [-0.2, 0) is 16.2 Å². The number of anilines is 3. The van der Waals surface area contributed by atoms with Crippen molar-refractivity contribution in [3.63, 3.8) is 0 Å². The number of fused-ring (bicyclic) bond motifs is 9. The van der Waals surface area contributed by atoms with Crippen LogP contribution in [0.4, 0.5) is 17.1 Å². The maximum atomic E-state index is 2.61. The average Bonchev–Trinajstić information content (AvgIpc) is 4.32. The molecule has 0 aliphatic heterocycles. The molecule has 3 aliphatic carbocycles. The fourth-order valence-corrected chi connectivity index (χ4v) is 14.4. The van der Waals surface area contributed by atoms with Gasteiger partial charge >= 0.3 is 0 Å². The molecular formula is C76H53N.